The van der Waals surface area contributed by atoms with Crippen molar-refractivity contribution in [2.45, 2.75) is 19.3 Å². The average molecular weight is 177 g/mol. The third-order valence-corrected chi connectivity index (χ3v) is 3.52. The van der Waals surface area contributed by atoms with Crippen molar-refractivity contribution in [1.29, 1.82) is 0 Å². The molecule has 3 nitrogen and oxygen atoms in total. The molecule has 1 fully saturated rings. The van der Waals surface area contributed by atoms with Crippen LogP contribution in [0.15, 0.2) is 6.20 Å². The van der Waals surface area contributed by atoms with Crippen molar-refractivity contribution in [1.82, 2.24) is 15.5 Å². The minimum atomic E-state index is 0.860. The fraction of sp³-hybridized carbons (Fsp3) is 0.700. The first-order chi connectivity index (χ1) is 6.43. The topological polar surface area (TPSA) is 40.7 Å². The molecule has 0 radical (unpaired) electrons. The van der Waals surface area contributed by atoms with E-state index in [1.807, 2.05) is 6.20 Å². The number of nitrogens with one attached hydrogen (secondary N) is 2. The van der Waals surface area contributed by atoms with E-state index in [-0.39, 0.29) is 0 Å². The van der Waals surface area contributed by atoms with Gasteiger partial charge >= 0.3 is 0 Å². The van der Waals surface area contributed by atoms with Gasteiger partial charge in [0.05, 0.1) is 6.20 Å². The van der Waals surface area contributed by atoms with Gasteiger partial charge in [-0.05, 0) is 49.8 Å². The highest BCUT2D eigenvalue weighted by molar-refractivity contribution is 5.21. The van der Waals surface area contributed by atoms with Gasteiger partial charge < -0.3 is 5.32 Å². The van der Waals surface area contributed by atoms with Gasteiger partial charge in [-0.1, -0.05) is 0 Å². The molecule has 0 amide bonds. The van der Waals surface area contributed by atoms with Crippen LogP contribution in [-0.2, 0) is 12.8 Å². The number of hydrogen-bond donors (Lipinski definition) is 2. The third kappa shape index (κ3) is 1.18. The van der Waals surface area contributed by atoms with Gasteiger partial charge in [-0.2, -0.15) is 5.10 Å². The van der Waals surface area contributed by atoms with E-state index in [1.165, 1.54) is 43.6 Å². The van der Waals surface area contributed by atoms with Gasteiger partial charge in [-0.3, -0.25) is 5.10 Å². The molecule has 2 heterocycles. The van der Waals surface area contributed by atoms with Crippen LogP contribution in [0.3, 0.4) is 0 Å². The number of nitrogens with zero attached hydrogens (tertiary/aromatic N) is 1. The summed E-state index contributed by atoms with van der Waals surface area (Å²) >= 11 is 0. The van der Waals surface area contributed by atoms with Crippen molar-refractivity contribution in [3.8, 4) is 0 Å². The van der Waals surface area contributed by atoms with Crippen LogP contribution >= 0.6 is 0 Å². The van der Waals surface area contributed by atoms with E-state index in [0.29, 0.717) is 0 Å². The van der Waals surface area contributed by atoms with Crippen LogP contribution < -0.4 is 5.32 Å². The molecule has 0 saturated carbocycles. The molecule has 0 bridgehead atoms. The van der Waals surface area contributed by atoms with Gasteiger partial charge in [0.15, 0.2) is 0 Å². The first kappa shape index (κ1) is 7.56. The van der Waals surface area contributed by atoms with Crippen LogP contribution in [0.2, 0.25) is 0 Å². The molecular weight excluding hydrogens is 162 g/mol. The van der Waals surface area contributed by atoms with Gasteiger partial charge in [0.2, 0.25) is 0 Å². The molecule has 1 aromatic rings. The monoisotopic (exact) mass is 177 g/mol. The lowest BCUT2D eigenvalue weighted by atomic mass is 9.75. The highest BCUT2D eigenvalue weighted by Crippen LogP contribution is 2.32. The fourth-order valence-corrected chi connectivity index (χ4v) is 2.72. The van der Waals surface area contributed by atoms with Crippen molar-refractivity contribution in [2.75, 3.05) is 13.1 Å². The van der Waals surface area contributed by atoms with Crippen LogP contribution in [0, 0.1) is 11.8 Å². The maximum absolute atomic E-state index is 4.12. The van der Waals surface area contributed by atoms with E-state index in [2.05, 4.69) is 15.5 Å². The summed E-state index contributed by atoms with van der Waals surface area (Å²) in [6.07, 6.45) is 5.79. The van der Waals surface area contributed by atoms with Crippen LogP contribution in [0.5, 0.6) is 0 Å². The number of piperidine rings is 1. The third-order valence-electron chi connectivity index (χ3n) is 3.52. The molecule has 0 aromatic carbocycles. The van der Waals surface area contributed by atoms with E-state index >= 15 is 0 Å². The second-order valence-corrected chi connectivity index (χ2v) is 4.30. The Morgan fingerprint density at radius 3 is 3.31 bits per heavy atom. The molecule has 2 atom stereocenters. The summed E-state index contributed by atoms with van der Waals surface area (Å²) in [5, 5.41) is 10.7. The first-order valence-electron chi connectivity index (χ1n) is 5.15. The summed E-state index contributed by atoms with van der Waals surface area (Å²) in [5.74, 6) is 1.76. The van der Waals surface area contributed by atoms with Crippen LogP contribution in [0.25, 0.3) is 0 Å². The highest BCUT2D eigenvalue weighted by atomic mass is 15.1. The highest BCUT2D eigenvalue weighted by Gasteiger charge is 2.31. The molecule has 3 rings (SSSR count). The van der Waals surface area contributed by atoms with Gasteiger partial charge in [0, 0.05) is 5.69 Å². The Morgan fingerprint density at radius 2 is 2.31 bits per heavy atom. The molecule has 1 aliphatic carbocycles. The quantitative estimate of drug-likeness (QED) is 0.613. The standard InChI is InChI=1S/C10H15N3/c1-2-11-5-8-3-9-6-12-13-10(9)4-7(1)8/h6-8,11H,1-5H2,(H,12,13). The van der Waals surface area contributed by atoms with E-state index in [0.717, 1.165) is 11.8 Å². The minimum Gasteiger partial charge on any atom is -0.316 e. The molecular formula is C10H15N3. The number of aromatic nitrogens is 2. The summed E-state index contributed by atoms with van der Waals surface area (Å²) in [5.41, 5.74) is 2.84. The summed E-state index contributed by atoms with van der Waals surface area (Å²) in [6, 6.07) is 0. The molecule has 2 unspecified atom stereocenters. The molecule has 1 aromatic heterocycles. The summed E-state index contributed by atoms with van der Waals surface area (Å²) in [7, 11) is 0. The zero-order chi connectivity index (χ0) is 8.67. The van der Waals surface area contributed by atoms with Gasteiger partial charge in [0.25, 0.3) is 0 Å². The van der Waals surface area contributed by atoms with Crippen molar-refractivity contribution < 1.29 is 0 Å². The summed E-state index contributed by atoms with van der Waals surface area (Å²) in [4.78, 5) is 0. The second-order valence-electron chi connectivity index (χ2n) is 4.30. The Balaban J connectivity index is 1.89. The maximum atomic E-state index is 4.12. The second kappa shape index (κ2) is 2.84. The Morgan fingerprint density at radius 1 is 1.31 bits per heavy atom. The van der Waals surface area contributed by atoms with E-state index in [4.69, 9.17) is 0 Å². The number of H-pyrrole nitrogens is 1. The first-order valence-corrected chi connectivity index (χ1v) is 5.15. The van der Waals surface area contributed by atoms with Crippen molar-refractivity contribution >= 4 is 0 Å². The summed E-state index contributed by atoms with van der Waals surface area (Å²) in [6.45, 7) is 2.40. The molecule has 1 aliphatic heterocycles. The lowest BCUT2D eigenvalue weighted by molar-refractivity contribution is 0.236. The Labute approximate surface area is 77.9 Å². The number of rotatable bonds is 0. The number of fused-ring (bicyclic) bond motifs is 2. The Hall–Kier alpha value is -0.830. The molecule has 0 spiro atoms. The molecule has 3 heteroatoms. The van der Waals surface area contributed by atoms with Crippen LogP contribution in [-0.4, -0.2) is 23.3 Å². The van der Waals surface area contributed by atoms with Gasteiger partial charge in [0.1, 0.15) is 0 Å². The number of hydrogen-bond acceptors (Lipinski definition) is 2. The molecule has 13 heavy (non-hydrogen) atoms. The average Bonchev–Trinajstić information content (AvgIpc) is 2.61. The molecule has 2 aliphatic rings. The summed E-state index contributed by atoms with van der Waals surface area (Å²) < 4.78 is 0. The van der Waals surface area contributed by atoms with E-state index < -0.39 is 0 Å². The van der Waals surface area contributed by atoms with E-state index in [1.54, 1.807) is 0 Å². The smallest absolute Gasteiger partial charge is 0.0522 e. The van der Waals surface area contributed by atoms with Crippen molar-refractivity contribution in [2.24, 2.45) is 11.8 Å². The lowest BCUT2D eigenvalue weighted by Gasteiger charge is -2.35. The van der Waals surface area contributed by atoms with Crippen molar-refractivity contribution in [3.05, 3.63) is 17.5 Å². The van der Waals surface area contributed by atoms with Gasteiger partial charge in [-0.15, -0.1) is 0 Å². The predicted molar refractivity (Wildman–Crippen MR) is 50.5 cm³/mol. The van der Waals surface area contributed by atoms with Gasteiger partial charge in [-0.25, -0.2) is 0 Å². The SMILES string of the molecule is c1n[nH]c2c1CC1CNCCC1C2. The van der Waals surface area contributed by atoms with E-state index in [9.17, 15) is 0 Å². The molecule has 1 saturated heterocycles. The Bertz CT molecular complexity index is 276. The lowest BCUT2D eigenvalue weighted by Crippen LogP contribution is -2.40. The zero-order valence-electron chi connectivity index (χ0n) is 7.71. The van der Waals surface area contributed by atoms with Crippen LogP contribution in [0.1, 0.15) is 17.7 Å². The van der Waals surface area contributed by atoms with Crippen molar-refractivity contribution in [3.63, 3.8) is 0 Å². The number of aromatic amines is 1. The fourth-order valence-electron chi connectivity index (χ4n) is 2.72. The predicted octanol–water partition coefficient (Wildman–Crippen LogP) is 0.734. The zero-order valence-corrected chi connectivity index (χ0v) is 7.71. The maximum Gasteiger partial charge on any atom is 0.0522 e. The molecule has 2 N–H and O–H groups in total. The largest absolute Gasteiger partial charge is 0.316 e. The Kier molecular flexibility index (Phi) is 1.65. The van der Waals surface area contributed by atoms with Crippen LogP contribution in [0.4, 0.5) is 0 Å². The minimum absolute atomic E-state index is 0.860. The molecule has 70 valence electrons. The normalized spacial score (nSPS) is 32.3.